The molecule has 262 valence electrons. The van der Waals surface area contributed by atoms with Crippen molar-refractivity contribution in [3.63, 3.8) is 0 Å². The molecule has 50 heavy (non-hydrogen) atoms. The topological polar surface area (TPSA) is 99.4 Å². The monoisotopic (exact) mass is 704 g/mol. The fraction of sp³-hybridized carbons (Fsp3) is 0.368. The lowest BCUT2D eigenvalue weighted by molar-refractivity contribution is -0.169. The highest BCUT2D eigenvalue weighted by Gasteiger charge is 2.53. The molecule has 1 aliphatic rings. The molecule has 3 heterocycles. The third kappa shape index (κ3) is 7.22. The van der Waals surface area contributed by atoms with Crippen LogP contribution >= 0.6 is 11.8 Å². The van der Waals surface area contributed by atoms with Crippen LogP contribution in [0.15, 0.2) is 78.1 Å². The molecule has 0 bridgehead atoms. The summed E-state index contributed by atoms with van der Waals surface area (Å²) in [7, 11) is 1.57. The van der Waals surface area contributed by atoms with Crippen LogP contribution in [0.25, 0.3) is 22.2 Å². The lowest BCUT2D eigenvalue weighted by Gasteiger charge is -2.44. The molecular formula is C38H39F3N4O4S. The number of halogens is 3. The molecule has 2 aromatic carbocycles. The van der Waals surface area contributed by atoms with Gasteiger partial charge in [0, 0.05) is 46.6 Å². The van der Waals surface area contributed by atoms with Gasteiger partial charge in [-0.2, -0.15) is 13.2 Å². The molecule has 1 N–H and O–H groups in total. The fourth-order valence-electron chi connectivity index (χ4n) is 6.35. The van der Waals surface area contributed by atoms with E-state index in [0.29, 0.717) is 42.1 Å². The summed E-state index contributed by atoms with van der Waals surface area (Å²) >= 11 is 1.66. The third-order valence-corrected chi connectivity index (χ3v) is 10.2. The highest BCUT2D eigenvalue weighted by molar-refractivity contribution is 8.00. The van der Waals surface area contributed by atoms with Gasteiger partial charge >= 0.3 is 12.1 Å². The van der Waals surface area contributed by atoms with Crippen LogP contribution in [-0.2, 0) is 28.9 Å². The molecule has 12 heteroatoms. The number of carboxylic acids is 1. The normalized spacial score (nSPS) is 15.1. The molecule has 3 aromatic heterocycles. The number of ether oxygens (including phenoxy) is 2. The van der Waals surface area contributed by atoms with E-state index >= 15 is 0 Å². The average Bonchev–Trinajstić information content (AvgIpc) is 3.32. The summed E-state index contributed by atoms with van der Waals surface area (Å²) in [6.45, 7) is 8.86. The maximum atomic E-state index is 13.1. The van der Waals surface area contributed by atoms with Crippen LogP contribution in [0.5, 0.6) is 5.75 Å². The molecule has 0 saturated heterocycles. The smallest absolute Gasteiger partial charge is 0.417 e. The van der Waals surface area contributed by atoms with Crippen LogP contribution in [-0.4, -0.2) is 42.5 Å². The number of aromatic nitrogens is 4. The maximum Gasteiger partial charge on any atom is 0.417 e. The van der Waals surface area contributed by atoms with Gasteiger partial charge in [-0.3, -0.25) is 19.7 Å². The molecule has 6 rings (SSSR count). The van der Waals surface area contributed by atoms with Crippen LogP contribution in [0.4, 0.5) is 13.2 Å². The number of hydrogen-bond donors (Lipinski definition) is 1. The van der Waals surface area contributed by atoms with Gasteiger partial charge in [-0.05, 0) is 55.7 Å². The highest BCUT2D eigenvalue weighted by Crippen LogP contribution is 2.56. The SMILES string of the molecule is COC(c1c(SC(C)(C)C)c2cc(OCc3cnc(C)cn3)ccc2n1Cc1ccc(-c2ccc(C(F)(F)F)cn2)cc1)C1(C(=O)O)CCC1. The van der Waals surface area contributed by atoms with E-state index in [0.717, 1.165) is 51.4 Å². The number of pyridine rings is 1. The summed E-state index contributed by atoms with van der Waals surface area (Å²) in [5.74, 6) is -0.242. The second-order valence-corrected chi connectivity index (χ2v) is 15.5. The number of alkyl halides is 3. The molecule has 0 amide bonds. The number of aryl methyl sites for hydroxylation is 1. The molecule has 0 aliphatic heterocycles. The summed E-state index contributed by atoms with van der Waals surface area (Å²) < 4.78 is 53.5. The predicted octanol–water partition coefficient (Wildman–Crippen LogP) is 9.28. The molecule has 8 nitrogen and oxygen atoms in total. The van der Waals surface area contributed by atoms with E-state index in [1.54, 1.807) is 31.3 Å². The van der Waals surface area contributed by atoms with E-state index in [2.05, 4.69) is 40.3 Å². The minimum atomic E-state index is -4.46. The van der Waals surface area contributed by atoms with Gasteiger partial charge in [0.15, 0.2) is 0 Å². The first-order chi connectivity index (χ1) is 23.7. The van der Waals surface area contributed by atoms with E-state index in [1.165, 1.54) is 6.07 Å². The number of nitrogens with zero attached hydrogens (tertiary/aromatic N) is 4. The predicted molar refractivity (Wildman–Crippen MR) is 186 cm³/mol. The van der Waals surface area contributed by atoms with Gasteiger partial charge in [0.25, 0.3) is 0 Å². The summed E-state index contributed by atoms with van der Waals surface area (Å²) in [5, 5.41) is 11.5. The Morgan fingerprint density at radius 2 is 1.74 bits per heavy atom. The fourth-order valence-corrected chi connectivity index (χ4v) is 7.56. The summed E-state index contributed by atoms with van der Waals surface area (Å²) in [5.41, 5.74) is 3.34. The molecular weight excluding hydrogens is 666 g/mol. The zero-order valence-electron chi connectivity index (χ0n) is 28.5. The van der Waals surface area contributed by atoms with Crippen molar-refractivity contribution in [2.75, 3.05) is 7.11 Å². The van der Waals surface area contributed by atoms with Gasteiger partial charge in [0.1, 0.15) is 18.5 Å². The molecule has 1 fully saturated rings. The standard InChI is InChI=1S/C38H39F3N4O4S/c1-23-18-43-27(20-42-23)22-49-28-12-14-31-29(17-28)33(50-36(2,3)4)32(34(48-5)37(35(46)47)15-6-16-37)45(31)21-24-7-9-25(10-8-24)30-13-11-26(19-44-30)38(39,40)41/h7-14,17-20,34H,6,15-16,21-22H2,1-5H3,(H,46,47). The molecule has 5 aromatic rings. The number of fused-ring (bicyclic) bond motifs is 1. The Kier molecular flexibility index (Phi) is 9.71. The maximum absolute atomic E-state index is 13.1. The van der Waals surface area contributed by atoms with Crippen molar-refractivity contribution in [2.24, 2.45) is 5.41 Å². The number of methoxy groups -OCH3 is 1. The van der Waals surface area contributed by atoms with Gasteiger partial charge in [0.2, 0.25) is 0 Å². The summed E-state index contributed by atoms with van der Waals surface area (Å²) in [6.07, 6.45) is 0.842. The second-order valence-electron chi connectivity index (χ2n) is 13.7. The number of rotatable bonds is 11. The highest BCUT2D eigenvalue weighted by atomic mass is 32.2. The first-order valence-corrected chi connectivity index (χ1v) is 17.1. The first-order valence-electron chi connectivity index (χ1n) is 16.3. The van der Waals surface area contributed by atoms with E-state index in [4.69, 9.17) is 9.47 Å². The largest absolute Gasteiger partial charge is 0.487 e. The van der Waals surface area contributed by atoms with Crippen molar-refractivity contribution in [3.05, 3.63) is 101 Å². The van der Waals surface area contributed by atoms with Crippen molar-refractivity contribution >= 4 is 28.6 Å². The number of benzene rings is 2. The minimum Gasteiger partial charge on any atom is -0.487 e. The number of carboxylic acid groups (broad SMARTS) is 1. The minimum absolute atomic E-state index is 0.229. The Morgan fingerprint density at radius 3 is 2.28 bits per heavy atom. The van der Waals surface area contributed by atoms with Crippen molar-refractivity contribution in [1.82, 2.24) is 19.5 Å². The number of aliphatic carboxylic acids is 1. The summed E-state index contributed by atoms with van der Waals surface area (Å²) in [6, 6.07) is 15.8. The zero-order valence-corrected chi connectivity index (χ0v) is 29.4. The van der Waals surface area contributed by atoms with E-state index in [-0.39, 0.29) is 11.4 Å². The molecule has 1 aliphatic carbocycles. The van der Waals surface area contributed by atoms with Crippen molar-refractivity contribution in [2.45, 2.75) is 82.0 Å². The number of carbonyl (C=O) groups is 1. The van der Waals surface area contributed by atoms with E-state index in [1.807, 2.05) is 49.4 Å². The number of thioether (sulfide) groups is 1. The van der Waals surface area contributed by atoms with Gasteiger partial charge in [-0.25, -0.2) is 0 Å². The van der Waals surface area contributed by atoms with Crippen molar-refractivity contribution in [3.8, 4) is 17.0 Å². The van der Waals surface area contributed by atoms with Gasteiger partial charge in [0.05, 0.1) is 45.5 Å². The summed E-state index contributed by atoms with van der Waals surface area (Å²) in [4.78, 5) is 26.6. The second kappa shape index (κ2) is 13.7. The Hall–Kier alpha value is -4.42. The van der Waals surface area contributed by atoms with E-state index in [9.17, 15) is 23.1 Å². The van der Waals surface area contributed by atoms with Crippen molar-refractivity contribution < 1.29 is 32.5 Å². The number of hydrogen-bond acceptors (Lipinski definition) is 7. The van der Waals surface area contributed by atoms with E-state index < -0.39 is 29.2 Å². The Balaban J connectivity index is 1.44. The molecule has 0 radical (unpaired) electrons. The van der Waals surface area contributed by atoms with Crippen LogP contribution < -0.4 is 4.74 Å². The molecule has 1 saturated carbocycles. The van der Waals surface area contributed by atoms with Gasteiger partial charge < -0.3 is 19.1 Å². The average molecular weight is 705 g/mol. The zero-order chi connectivity index (χ0) is 35.8. The van der Waals surface area contributed by atoms with Gasteiger partial charge in [-0.15, -0.1) is 11.8 Å². The van der Waals surface area contributed by atoms with Gasteiger partial charge in [-0.1, -0.05) is 51.5 Å². The molecule has 1 atom stereocenters. The Morgan fingerprint density at radius 1 is 1.00 bits per heavy atom. The lowest BCUT2D eigenvalue weighted by atomic mass is 9.64. The third-order valence-electron chi connectivity index (χ3n) is 9.00. The molecule has 1 unspecified atom stereocenters. The van der Waals surface area contributed by atoms with Crippen LogP contribution in [0, 0.1) is 12.3 Å². The molecule has 0 spiro atoms. The van der Waals surface area contributed by atoms with Crippen LogP contribution in [0.1, 0.15) is 74.3 Å². The van der Waals surface area contributed by atoms with Crippen LogP contribution in [0.3, 0.4) is 0 Å². The van der Waals surface area contributed by atoms with Crippen molar-refractivity contribution in [1.29, 1.82) is 0 Å². The first kappa shape index (κ1) is 35.4. The Labute approximate surface area is 293 Å². The quantitative estimate of drug-likeness (QED) is 0.136. The Bertz CT molecular complexity index is 1980. The lowest BCUT2D eigenvalue weighted by Crippen LogP contribution is -2.45. The van der Waals surface area contributed by atoms with Crippen LogP contribution in [0.2, 0.25) is 0 Å².